The Labute approximate surface area is 92.7 Å². The molecule has 1 atom stereocenters. The van der Waals surface area contributed by atoms with E-state index in [2.05, 4.69) is 32.0 Å². The highest BCUT2D eigenvalue weighted by molar-refractivity contribution is 5.35. The number of nitrogens with two attached hydrogens (primary N) is 1. The number of benzene rings is 1. The van der Waals surface area contributed by atoms with Gasteiger partial charge in [-0.25, -0.2) is 0 Å². The maximum atomic E-state index is 6.37. The average molecular weight is 203 g/mol. The van der Waals surface area contributed by atoms with Crippen molar-refractivity contribution in [1.82, 2.24) is 0 Å². The fraction of sp³-hybridized carbons (Fsp3) is 0.571. The summed E-state index contributed by atoms with van der Waals surface area (Å²) in [5.74, 6) is 0.713. The predicted molar refractivity (Wildman–Crippen MR) is 64.8 cm³/mol. The summed E-state index contributed by atoms with van der Waals surface area (Å²) in [6, 6.07) is 6.75. The van der Waals surface area contributed by atoms with E-state index in [-0.39, 0.29) is 6.04 Å². The average Bonchev–Trinajstić information content (AvgIpc) is 2.74. The van der Waals surface area contributed by atoms with Crippen LogP contribution in [0, 0.1) is 19.8 Å². The molecular formula is C14H21N. The SMILES string of the molecule is Cc1cccc([C@H](N)C2CCCC2)c1C. The van der Waals surface area contributed by atoms with Crippen LogP contribution in [0.5, 0.6) is 0 Å². The summed E-state index contributed by atoms with van der Waals surface area (Å²) < 4.78 is 0. The van der Waals surface area contributed by atoms with Crippen molar-refractivity contribution in [3.63, 3.8) is 0 Å². The second-order valence-corrected chi connectivity index (χ2v) is 4.86. The van der Waals surface area contributed by atoms with Gasteiger partial charge in [-0.2, -0.15) is 0 Å². The van der Waals surface area contributed by atoms with Crippen molar-refractivity contribution in [2.75, 3.05) is 0 Å². The lowest BCUT2D eigenvalue weighted by molar-refractivity contribution is 0.443. The van der Waals surface area contributed by atoms with Gasteiger partial charge in [0.1, 0.15) is 0 Å². The van der Waals surface area contributed by atoms with E-state index in [1.165, 1.54) is 42.4 Å². The molecule has 0 amide bonds. The first kappa shape index (κ1) is 10.7. The minimum atomic E-state index is 0.257. The summed E-state index contributed by atoms with van der Waals surface area (Å²) in [6.07, 6.45) is 5.36. The van der Waals surface area contributed by atoms with Gasteiger partial charge in [0.25, 0.3) is 0 Å². The normalized spacial score (nSPS) is 19.4. The van der Waals surface area contributed by atoms with Gasteiger partial charge in [0.2, 0.25) is 0 Å². The lowest BCUT2D eigenvalue weighted by Gasteiger charge is -2.22. The molecule has 1 aliphatic carbocycles. The zero-order chi connectivity index (χ0) is 10.8. The molecule has 1 saturated carbocycles. The van der Waals surface area contributed by atoms with Crippen LogP contribution in [-0.2, 0) is 0 Å². The van der Waals surface area contributed by atoms with Gasteiger partial charge < -0.3 is 5.73 Å². The van der Waals surface area contributed by atoms with Crippen molar-refractivity contribution in [2.45, 2.75) is 45.6 Å². The van der Waals surface area contributed by atoms with E-state index in [9.17, 15) is 0 Å². The Hall–Kier alpha value is -0.820. The molecule has 0 unspecified atom stereocenters. The Morgan fingerprint density at radius 1 is 1.20 bits per heavy atom. The van der Waals surface area contributed by atoms with E-state index >= 15 is 0 Å². The summed E-state index contributed by atoms with van der Waals surface area (Å²) in [7, 11) is 0. The van der Waals surface area contributed by atoms with Crippen LogP contribution in [0.4, 0.5) is 0 Å². The van der Waals surface area contributed by atoms with E-state index < -0.39 is 0 Å². The molecule has 2 N–H and O–H groups in total. The minimum absolute atomic E-state index is 0.257. The van der Waals surface area contributed by atoms with Crippen LogP contribution in [-0.4, -0.2) is 0 Å². The van der Waals surface area contributed by atoms with Crippen molar-refractivity contribution < 1.29 is 0 Å². The fourth-order valence-corrected chi connectivity index (χ4v) is 2.71. The Morgan fingerprint density at radius 3 is 2.53 bits per heavy atom. The molecule has 0 aliphatic heterocycles. The van der Waals surface area contributed by atoms with Crippen LogP contribution in [0.1, 0.15) is 48.4 Å². The van der Waals surface area contributed by atoms with Crippen LogP contribution in [0.15, 0.2) is 18.2 Å². The number of aryl methyl sites for hydroxylation is 1. The zero-order valence-electron chi connectivity index (χ0n) is 9.79. The van der Waals surface area contributed by atoms with E-state index in [1.807, 2.05) is 0 Å². The molecule has 1 nitrogen and oxygen atoms in total. The first-order chi connectivity index (χ1) is 7.20. The van der Waals surface area contributed by atoms with Gasteiger partial charge in [-0.1, -0.05) is 31.0 Å². The maximum absolute atomic E-state index is 6.37. The largest absolute Gasteiger partial charge is 0.324 e. The maximum Gasteiger partial charge on any atom is 0.0326 e. The van der Waals surface area contributed by atoms with Crippen molar-refractivity contribution in [3.05, 3.63) is 34.9 Å². The van der Waals surface area contributed by atoms with Crippen LogP contribution in [0.3, 0.4) is 0 Å². The highest BCUT2D eigenvalue weighted by Crippen LogP contribution is 2.35. The molecule has 82 valence electrons. The number of hydrogen-bond donors (Lipinski definition) is 1. The summed E-state index contributed by atoms with van der Waals surface area (Å²) in [4.78, 5) is 0. The van der Waals surface area contributed by atoms with E-state index in [4.69, 9.17) is 5.73 Å². The molecular weight excluding hydrogens is 182 g/mol. The Balaban J connectivity index is 2.24. The van der Waals surface area contributed by atoms with Crippen molar-refractivity contribution in [3.8, 4) is 0 Å². The molecule has 0 radical (unpaired) electrons. The summed E-state index contributed by atoms with van der Waals surface area (Å²) in [5.41, 5.74) is 10.5. The third-order valence-corrected chi connectivity index (χ3v) is 3.91. The van der Waals surface area contributed by atoms with E-state index in [0.29, 0.717) is 5.92 Å². The van der Waals surface area contributed by atoms with Gasteiger partial charge in [-0.3, -0.25) is 0 Å². The first-order valence-corrected chi connectivity index (χ1v) is 6.02. The van der Waals surface area contributed by atoms with Crippen LogP contribution >= 0.6 is 0 Å². The highest BCUT2D eigenvalue weighted by atomic mass is 14.7. The third-order valence-electron chi connectivity index (χ3n) is 3.91. The van der Waals surface area contributed by atoms with Crippen molar-refractivity contribution in [1.29, 1.82) is 0 Å². The van der Waals surface area contributed by atoms with Gasteiger partial charge in [-0.05, 0) is 49.3 Å². The van der Waals surface area contributed by atoms with Gasteiger partial charge in [0.15, 0.2) is 0 Å². The van der Waals surface area contributed by atoms with Gasteiger partial charge >= 0.3 is 0 Å². The first-order valence-electron chi connectivity index (χ1n) is 6.02. The quantitative estimate of drug-likeness (QED) is 0.782. The van der Waals surface area contributed by atoms with Crippen molar-refractivity contribution >= 4 is 0 Å². The third kappa shape index (κ3) is 2.07. The molecule has 0 spiro atoms. The molecule has 1 aromatic carbocycles. The molecule has 0 bridgehead atoms. The van der Waals surface area contributed by atoms with Crippen LogP contribution < -0.4 is 5.73 Å². The lowest BCUT2D eigenvalue weighted by Crippen LogP contribution is -2.20. The monoisotopic (exact) mass is 203 g/mol. The lowest BCUT2D eigenvalue weighted by atomic mass is 9.88. The molecule has 0 aromatic heterocycles. The molecule has 1 aromatic rings. The summed E-state index contributed by atoms with van der Waals surface area (Å²) in [5, 5.41) is 0. The number of hydrogen-bond acceptors (Lipinski definition) is 1. The molecule has 0 heterocycles. The second-order valence-electron chi connectivity index (χ2n) is 4.86. The minimum Gasteiger partial charge on any atom is -0.324 e. The van der Waals surface area contributed by atoms with Gasteiger partial charge in [0.05, 0.1) is 0 Å². The fourth-order valence-electron chi connectivity index (χ4n) is 2.71. The van der Waals surface area contributed by atoms with E-state index in [1.54, 1.807) is 0 Å². The van der Waals surface area contributed by atoms with E-state index in [0.717, 1.165) is 0 Å². The van der Waals surface area contributed by atoms with Gasteiger partial charge in [-0.15, -0.1) is 0 Å². The predicted octanol–water partition coefficient (Wildman–Crippen LogP) is 3.49. The second kappa shape index (κ2) is 4.36. The van der Waals surface area contributed by atoms with Crippen LogP contribution in [0.25, 0.3) is 0 Å². The molecule has 0 saturated heterocycles. The molecule has 1 aliphatic rings. The highest BCUT2D eigenvalue weighted by Gasteiger charge is 2.24. The van der Waals surface area contributed by atoms with Crippen molar-refractivity contribution in [2.24, 2.45) is 11.7 Å². The Kier molecular flexibility index (Phi) is 3.11. The Morgan fingerprint density at radius 2 is 1.87 bits per heavy atom. The van der Waals surface area contributed by atoms with Gasteiger partial charge in [0, 0.05) is 6.04 Å². The zero-order valence-corrected chi connectivity index (χ0v) is 9.79. The smallest absolute Gasteiger partial charge is 0.0326 e. The number of rotatable bonds is 2. The molecule has 1 fully saturated rings. The Bertz CT molecular complexity index is 337. The summed E-state index contributed by atoms with van der Waals surface area (Å²) in [6.45, 7) is 4.36. The molecule has 2 rings (SSSR count). The molecule has 1 heteroatoms. The standard InChI is InChI=1S/C14H21N/c1-10-6-5-9-13(11(10)2)14(15)12-7-3-4-8-12/h5-6,9,12,14H,3-4,7-8,15H2,1-2H3/t14-/m1/s1. The summed E-state index contributed by atoms with van der Waals surface area (Å²) >= 11 is 0. The van der Waals surface area contributed by atoms with Crippen LogP contribution in [0.2, 0.25) is 0 Å². The topological polar surface area (TPSA) is 26.0 Å². The molecule has 15 heavy (non-hydrogen) atoms.